The molecule has 0 aliphatic carbocycles. The van der Waals surface area contributed by atoms with Crippen LogP contribution >= 0.6 is 11.6 Å². The molecule has 0 radical (unpaired) electrons. The van der Waals surface area contributed by atoms with E-state index in [0.717, 1.165) is 44.8 Å². The van der Waals surface area contributed by atoms with E-state index < -0.39 is 0 Å². The van der Waals surface area contributed by atoms with Gasteiger partial charge in [0.25, 0.3) is 0 Å². The van der Waals surface area contributed by atoms with Gasteiger partial charge in [0.05, 0.1) is 11.6 Å². The minimum atomic E-state index is -0.345. The van der Waals surface area contributed by atoms with E-state index in [1.165, 1.54) is 6.07 Å². The van der Waals surface area contributed by atoms with Crippen molar-refractivity contribution < 1.29 is 9.13 Å². The van der Waals surface area contributed by atoms with Crippen LogP contribution in [-0.2, 0) is 4.74 Å². The Balaban J connectivity index is 1.56. The summed E-state index contributed by atoms with van der Waals surface area (Å²) < 4.78 is 19.0. The molecule has 1 aromatic rings. The second-order valence-electron chi connectivity index (χ2n) is 6.11. The molecule has 5 heteroatoms. The molecule has 2 heterocycles. The van der Waals surface area contributed by atoms with Crippen molar-refractivity contribution in [2.75, 3.05) is 31.2 Å². The molecule has 3 rings (SSSR count). The van der Waals surface area contributed by atoms with Gasteiger partial charge in [0.15, 0.2) is 0 Å². The lowest BCUT2D eigenvalue weighted by Crippen LogP contribution is -2.42. The fourth-order valence-electron chi connectivity index (χ4n) is 3.27. The molecule has 0 saturated carbocycles. The van der Waals surface area contributed by atoms with Crippen LogP contribution in [0.2, 0.25) is 5.02 Å². The number of nitrogens with zero attached hydrogens (tertiary/aromatic N) is 1. The topological polar surface area (TPSA) is 24.5 Å². The number of rotatable bonds is 4. The monoisotopic (exact) mass is 312 g/mol. The summed E-state index contributed by atoms with van der Waals surface area (Å²) in [7, 11) is 0. The van der Waals surface area contributed by atoms with Gasteiger partial charge in [-0.2, -0.15) is 0 Å². The lowest BCUT2D eigenvalue weighted by Gasteiger charge is -2.24. The molecule has 2 aliphatic rings. The van der Waals surface area contributed by atoms with Gasteiger partial charge < -0.3 is 15.0 Å². The Hall–Kier alpha value is -0.840. The third-order valence-electron chi connectivity index (χ3n) is 4.63. The predicted molar refractivity (Wildman–Crippen MR) is 83.6 cm³/mol. The Morgan fingerprint density at radius 1 is 1.43 bits per heavy atom. The first kappa shape index (κ1) is 15.1. The van der Waals surface area contributed by atoms with Gasteiger partial charge in [-0.1, -0.05) is 11.6 Å². The SMILES string of the molecule is C[C@H](N[C@@H]1CCN(c2ccc(Cl)c(F)c2)C1)[C@H]1CCOC1. The molecule has 116 valence electrons. The van der Waals surface area contributed by atoms with Crippen LogP contribution in [0.4, 0.5) is 10.1 Å². The zero-order valence-electron chi connectivity index (χ0n) is 12.3. The van der Waals surface area contributed by atoms with E-state index in [1.54, 1.807) is 6.07 Å². The molecular formula is C16H22ClFN2O. The van der Waals surface area contributed by atoms with Gasteiger partial charge in [0.1, 0.15) is 5.82 Å². The number of anilines is 1. The van der Waals surface area contributed by atoms with E-state index in [2.05, 4.69) is 17.1 Å². The van der Waals surface area contributed by atoms with Crippen LogP contribution in [0.5, 0.6) is 0 Å². The average molecular weight is 313 g/mol. The first-order valence-corrected chi connectivity index (χ1v) is 8.05. The summed E-state index contributed by atoms with van der Waals surface area (Å²) in [6, 6.07) is 5.98. The van der Waals surface area contributed by atoms with E-state index >= 15 is 0 Å². The number of hydrogen-bond acceptors (Lipinski definition) is 3. The molecule has 1 N–H and O–H groups in total. The second-order valence-corrected chi connectivity index (χ2v) is 6.52. The van der Waals surface area contributed by atoms with Crippen LogP contribution in [0.1, 0.15) is 19.8 Å². The fraction of sp³-hybridized carbons (Fsp3) is 0.625. The summed E-state index contributed by atoms with van der Waals surface area (Å²) >= 11 is 5.74. The van der Waals surface area contributed by atoms with Crippen molar-refractivity contribution in [1.29, 1.82) is 0 Å². The molecule has 0 aromatic heterocycles. The standard InChI is InChI=1S/C16H22ClFN2O/c1-11(12-5-7-21-10-12)19-13-4-6-20(9-13)14-2-3-15(17)16(18)8-14/h2-3,8,11-13,19H,4-7,9-10H2,1H3/t11-,12-,13+/m0/s1. The molecular weight excluding hydrogens is 291 g/mol. The predicted octanol–water partition coefficient (Wildman–Crippen LogP) is 3.07. The molecule has 2 fully saturated rings. The molecule has 0 spiro atoms. The van der Waals surface area contributed by atoms with Crippen LogP contribution in [0.3, 0.4) is 0 Å². The first-order chi connectivity index (χ1) is 10.1. The van der Waals surface area contributed by atoms with Crippen molar-refractivity contribution in [1.82, 2.24) is 5.32 Å². The largest absolute Gasteiger partial charge is 0.381 e. The summed E-state index contributed by atoms with van der Waals surface area (Å²) in [5.41, 5.74) is 0.915. The molecule has 0 amide bonds. The van der Waals surface area contributed by atoms with Crippen LogP contribution in [0, 0.1) is 11.7 Å². The highest BCUT2D eigenvalue weighted by Gasteiger charge is 2.28. The van der Waals surface area contributed by atoms with E-state index in [-0.39, 0.29) is 10.8 Å². The Morgan fingerprint density at radius 2 is 2.29 bits per heavy atom. The highest BCUT2D eigenvalue weighted by atomic mass is 35.5. The third kappa shape index (κ3) is 3.50. The van der Waals surface area contributed by atoms with Crippen LogP contribution in [-0.4, -0.2) is 38.4 Å². The zero-order chi connectivity index (χ0) is 14.8. The highest BCUT2D eigenvalue weighted by Crippen LogP contribution is 2.26. The van der Waals surface area contributed by atoms with Crippen LogP contribution < -0.4 is 10.2 Å². The lowest BCUT2D eigenvalue weighted by molar-refractivity contribution is 0.177. The van der Waals surface area contributed by atoms with E-state index in [0.29, 0.717) is 18.0 Å². The first-order valence-electron chi connectivity index (χ1n) is 7.67. The van der Waals surface area contributed by atoms with Crippen molar-refractivity contribution in [2.24, 2.45) is 5.92 Å². The van der Waals surface area contributed by atoms with Gasteiger partial charge in [0.2, 0.25) is 0 Å². The van der Waals surface area contributed by atoms with Crippen molar-refractivity contribution in [3.63, 3.8) is 0 Å². The van der Waals surface area contributed by atoms with E-state index in [9.17, 15) is 4.39 Å². The number of ether oxygens (including phenoxy) is 1. The fourth-order valence-corrected chi connectivity index (χ4v) is 3.39. The number of nitrogens with one attached hydrogen (secondary N) is 1. The number of benzene rings is 1. The maximum Gasteiger partial charge on any atom is 0.143 e. The maximum atomic E-state index is 13.6. The Labute approximate surface area is 130 Å². The zero-order valence-corrected chi connectivity index (χ0v) is 13.1. The molecule has 2 saturated heterocycles. The Kier molecular flexibility index (Phi) is 4.67. The average Bonchev–Trinajstić information content (AvgIpc) is 3.12. The Morgan fingerprint density at radius 3 is 3.00 bits per heavy atom. The number of halogens is 2. The minimum Gasteiger partial charge on any atom is -0.381 e. The highest BCUT2D eigenvalue weighted by molar-refractivity contribution is 6.30. The summed E-state index contributed by atoms with van der Waals surface area (Å²) in [6.07, 6.45) is 2.23. The van der Waals surface area contributed by atoms with Gasteiger partial charge in [-0.25, -0.2) is 4.39 Å². The van der Waals surface area contributed by atoms with Crippen molar-refractivity contribution in [2.45, 2.75) is 31.8 Å². The van der Waals surface area contributed by atoms with Gasteiger partial charge in [0, 0.05) is 37.5 Å². The smallest absolute Gasteiger partial charge is 0.143 e. The van der Waals surface area contributed by atoms with Crippen LogP contribution in [0.15, 0.2) is 18.2 Å². The van der Waals surface area contributed by atoms with E-state index in [4.69, 9.17) is 16.3 Å². The molecule has 3 atom stereocenters. The van der Waals surface area contributed by atoms with Crippen molar-refractivity contribution in [3.8, 4) is 0 Å². The normalized spacial score (nSPS) is 27.3. The minimum absolute atomic E-state index is 0.183. The van der Waals surface area contributed by atoms with Gasteiger partial charge >= 0.3 is 0 Å². The summed E-state index contributed by atoms with van der Waals surface area (Å²) in [6.45, 7) is 5.86. The lowest BCUT2D eigenvalue weighted by atomic mass is 10.00. The summed E-state index contributed by atoms with van der Waals surface area (Å²) in [5, 5.41) is 3.89. The molecule has 0 unspecified atom stereocenters. The van der Waals surface area contributed by atoms with E-state index in [1.807, 2.05) is 6.07 Å². The maximum absolute atomic E-state index is 13.6. The molecule has 0 bridgehead atoms. The number of hydrogen-bond donors (Lipinski definition) is 1. The van der Waals surface area contributed by atoms with Gasteiger partial charge in [-0.15, -0.1) is 0 Å². The molecule has 21 heavy (non-hydrogen) atoms. The second kappa shape index (κ2) is 6.51. The molecule has 1 aromatic carbocycles. The Bertz CT molecular complexity index is 493. The molecule has 2 aliphatic heterocycles. The molecule has 3 nitrogen and oxygen atoms in total. The summed E-state index contributed by atoms with van der Waals surface area (Å²) in [5.74, 6) is 0.272. The quantitative estimate of drug-likeness (QED) is 0.924. The van der Waals surface area contributed by atoms with Crippen LogP contribution in [0.25, 0.3) is 0 Å². The van der Waals surface area contributed by atoms with Crippen molar-refractivity contribution >= 4 is 17.3 Å². The summed E-state index contributed by atoms with van der Waals surface area (Å²) in [4.78, 5) is 2.22. The van der Waals surface area contributed by atoms with Gasteiger partial charge in [-0.05, 0) is 43.9 Å². The van der Waals surface area contributed by atoms with Crippen molar-refractivity contribution in [3.05, 3.63) is 29.0 Å². The van der Waals surface area contributed by atoms with Gasteiger partial charge in [-0.3, -0.25) is 0 Å². The third-order valence-corrected chi connectivity index (χ3v) is 4.93.